The Morgan fingerprint density at radius 2 is 1.83 bits per heavy atom. The van der Waals surface area contributed by atoms with Gasteiger partial charge in [0.15, 0.2) is 0 Å². The number of rotatable bonds is 12. The number of pyridine rings is 1. The molecule has 3 unspecified atom stereocenters. The second-order valence-electron chi connectivity index (χ2n) is 7.54. The Morgan fingerprint density at radius 1 is 1.10 bits per heavy atom. The van der Waals surface area contributed by atoms with E-state index >= 15 is 0 Å². The van der Waals surface area contributed by atoms with Crippen LogP contribution in [0.15, 0.2) is 36.5 Å². The van der Waals surface area contributed by atoms with Crippen molar-refractivity contribution < 1.29 is 24.9 Å². The van der Waals surface area contributed by atoms with E-state index in [4.69, 9.17) is 0 Å². The molecule has 0 spiro atoms. The molecule has 3 atom stereocenters. The molecule has 0 saturated carbocycles. The zero-order valence-corrected chi connectivity index (χ0v) is 17.8. The van der Waals surface area contributed by atoms with Gasteiger partial charge in [-0.25, -0.2) is 0 Å². The zero-order chi connectivity index (χ0) is 21.9. The Bertz CT molecular complexity index is 835. The Kier molecular flexibility index (Phi) is 9.94. The second kappa shape index (κ2) is 12.4. The van der Waals surface area contributed by atoms with Crippen molar-refractivity contribution in [1.82, 2.24) is 4.98 Å². The van der Waals surface area contributed by atoms with Gasteiger partial charge in [0.05, 0.1) is 31.1 Å². The first-order valence-corrected chi connectivity index (χ1v) is 10.6. The Hall–Kier alpha value is -2.28. The first kappa shape index (κ1) is 24.0. The van der Waals surface area contributed by atoms with Gasteiger partial charge in [-0.1, -0.05) is 62.6 Å². The SMILES string of the molecule is CCCCCC(O)c1ncc(/C=C/C(O)C(O)CCCC(=O)OC)c2ccccc12. The van der Waals surface area contributed by atoms with Crippen LogP contribution in [0.3, 0.4) is 0 Å². The summed E-state index contributed by atoms with van der Waals surface area (Å²) in [6.07, 6.45) is 7.07. The van der Waals surface area contributed by atoms with Gasteiger partial charge < -0.3 is 20.1 Å². The van der Waals surface area contributed by atoms with Crippen LogP contribution in [0.1, 0.15) is 69.2 Å². The van der Waals surface area contributed by atoms with Crippen molar-refractivity contribution in [3.05, 3.63) is 47.8 Å². The molecule has 2 aromatic rings. The van der Waals surface area contributed by atoms with Gasteiger partial charge in [-0.2, -0.15) is 0 Å². The average Bonchev–Trinajstić information content (AvgIpc) is 2.76. The van der Waals surface area contributed by atoms with Crippen LogP contribution in [-0.2, 0) is 9.53 Å². The van der Waals surface area contributed by atoms with E-state index in [1.54, 1.807) is 12.3 Å². The molecule has 3 N–H and O–H groups in total. The van der Waals surface area contributed by atoms with Gasteiger partial charge >= 0.3 is 5.97 Å². The number of benzene rings is 1. The minimum atomic E-state index is -1.05. The van der Waals surface area contributed by atoms with Crippen LogP contribution in [0.2, 0.25) is 0 Å². The highest BCUT2D eigenvalue weighted by Gasteiger charge is 2.16. The summed E-state index contributed by atoms with van der Waals surface area (Å²) in [5, 5.41) is 32.7. The lowest BCUT2D eigenvalue weighted by Crippen LogP contribution is -2.23. The largest absolute Gasteiger partial charge is 0.469 e. The molecular formula is C24H33NO5. The van der Waals surface area contributed by atoms with Crippen LogP contribution in [0, 0.1) is 0 Å². The quantitative estimate of drug-likeness (QED) is 0.359. The van der Waals surface area contributed by atoms with E-state index in [0.717, 1.165) is 35.6 Å². The van der Waals surface area contributed by atoms with Gasteiger partial charge in [0.2, 0.25) is 0 Å². The molecular weight excluding hydrogens is 382 g/mol. The van der Waals surface area contributed by atoms with Gasteiger partial charge in [0.1, 0.15) is 0 Å². The molecule has 0 aliphatic heterocycles. The van der Waals surface area contributed by atoms with Crippen molar-refractivity contribution in [2.75, 3.05) is 7.11 Å². The number of ether oxygens (including phenoxy) is 1. The third-order valence-electron chi connectivity index (χ3n) is 5.23. The van der Waals surface area contributed by atoms with E-state index in [2.05, 4.69) is 16.6 Å². The second-order valence-corrected chi connectivity index (χ2v) is 7.54. The van der Waals surface area contributed by atoms with Gasteiger partial charge in [0.25, 0.3) is 0 Å². The number of unbranched alkanes of at least 4 members (excludes halogenated alkanes) is 2. The molecule has 0 aliphatic rings. The predicted molar refractivity (Wildman–Crippen MR) is 118 cm³/mol. The number of hydrogen-bond acceptors (Lipinski definition) is 6. The molecule has 1 heterocycles. The van der Waals surface area contributed by atoms with Crippen molar-refractivity contribution in [2.24, 2.45) is 0 Å². The molecule has 1 aromatic heterocycles. The molecule has 0 amide bonds. The smallest absolute Gasteiger partial charge is 0.305 e. The molecule has 0 saturated heterocycles. The number of carbonyl (C=O) groups is 1. The summed E-state index contributed by atoms with van der Waals surface area (Å²) in [6.45, 7) is 2.13. The summed E-state index contributed by atoms with van der Waals surface area (Å²) >= 11 is 0. The molecule has 0 fully saturated rings. The molecule has 6 heteroatoms. The number of esters is 1. The molecule has 0 bridgehead atoms. The maximum Gasteiger partial charge on any atom is 0.305 e. The Morgan fingerprint density at radius 3 is 2.53 bits per heavy atom. The van der Waals surface area contributed by atoms with Crippen molar-refractivity contribution in [3.8, 4) is 0 Å². The summed E-state index contributed by atoms with van der Waals surface area (Å²) in [6, 6.07) is 7.74. The summed E-state index contributed by atoms with van der Waals surface area (Å²) in [4.78, 5) is 15.6. The number of nitrogens with zero attached hydrogens (tertiary/aromatic N) is 1. The third kappa shape index (κ3) is 6.90. The van der Waals surface area contributed by atoms with E-state index < -0.39 is 18.3 Å². The lowest BCUT2D eigenvalue weighted by molar-refractivity contribution is -0.140. The van der Waals surface area contributed by atoms with Gasteiger partial charge in [0, 0.05) is 23.6 Å². The zero-order valence-electron chi connectivity index (χ0n) is 17.8. The summed E-state index contributed by atoms with van der Waals surface area (Å²) in [5.74, 6) is -0.332. The minimum absolute atomic E-state index is 0.209. The van der Waals surface area contributed by atoms with Crippen LogP contribution < -0.4 is 0 Å². The number of aromatic nitrogens is 1. The maximum absolute atomic E-state index is 11.1. The topological polar surface area (TPSA) is 99.9 Å². The Balaban J connectivity index is 2.10. The van der Waals surface area contributed by atoms with Crippen molar-refractivity contribution in [1.29, 1.82) is 0 Å². The van der Waals surface area contributed by atoms with Crippen molar-refractivity contribution in [3.63, 3.8) is 0 Å². The fourth-order valence-electron chi connectivity index (χ4n) is 3.42. The molecule has 1 aromatic carbocycles. The fraction of sp³-hybridized carbons (Fsp3) is 0.500. The maximum atomic E-state index is 11.1. The number of aliphatic hydroxyl groups is 3. The van der Waals surface area contributed by atoms with Crippen LogP contribution in [0.4, 0.5) is 0 Å². The monoisotopic (exact) mass is 415 g/mol. The highest BCUT2D eigenvalue weighted by molar-refractivity contribution is 5.92. The van der Waals surface area contributed by atoms with Crippen LogP contribution >= 0.6 is 0 Å². The number of aliphatic hydroxyl groups excluding tert-OH is 3. The highest BCUT2D eigenvalue weighted by Crippen LogP contribution is 2.28. The van der Waals surface area contributed by atoms with E-state index in [1.807, 2.05) is 24.3 Å². The van der Waals surface area contributed by atoms with Gasteiger partial charge in [-0.05, 0) is 24.6 Å². The molecule has 0 radical (unpaired) electrons. The average molecular weight is 416 g/mol. The molecule has 30 heavy (non-hydrogen) atoms. The van der Waals surface area contributed by atoms with E-state index in [-0.39, 0.29) is 12.4 Å². The normalized spacial score (nSPS) is 14.7. The first-order chi connectivity index (χ1) is 14.5. The lowest BCUT2D eigenvalue weighted by atomic mass is 9.99. The van der Waals surface area contributed by atoms with Crippen molar-refractivity contribution in [2.45, 2.75) is 70.2 Å². The summed E-state index contributed by atoms with van der Waals surface area (Å²) < 4.78 is 4.57. The van der Waals surface area contributed by atoms with Gasteiger partial charge in [-0.15, -0.1) is 0 Å². The minimum Gasteiger partial charge on any atom is -0.469 e. The first-order valence-electron chi connectivity index (χ1n) is 10.6. The van der Waals surface area contributed by atoms with E-state index in [0.29, 0.717) is 25.0 Å². The van der Waals surface area contributed by atoms with Gasteiger partial charge in [-0.3, -0.25) is 9.78 Å². The third-order valence-corrected chi connectivity index (χ3v) is 5.23. The van der Waals surface area contributed by atoms with E-state index in [9.17, 15) is 20.1 Å². The number of fused-ring (bicyclic) bond motifs is 1. The highest BCUT2D eigenvalue weighted by atomic mass is 16.5. The fourth-order valence-corrected chi connectivity index (χ4v) is 3.42. The molecule has 6 nitrogen and oxygen atoms in total. The number of methoxy groups -OCH3 is 1. The predicted octanol–water partition coefficient (Wildman–Crippen LogP) is 3.93. The van der Waals surface area contributed by atoms with E-state index in [1.165, 1.54) is 13.2 Å². The number of carbonyl (C=O) groups excluding carboxylic acids is 1. The van der Waals surface area contributed by atoms with Crippen LogP contribution in [0.5, 0.6) is 0 Å². The van der Waals surface area contributed by atoms with Crippen molar-refractivity contribution >= 4 is 22.8 Å². The standard InChI is InChI=1S/C24H33NO5/c1-3-4-5-11-22(28)24-19-10-7-6-9-18(19)17(16-25-24)14-15-21(27)20(26)12-8-13-23(29)30-2/h6-7,9-10,14-16,20-22,26-28H,3-5,8,11-13H2,1-2H3/b15-14+. The number of hydrogen-bond donors (Lipinski definition) is 3. The molecule has 164 valence electrons. The van der Waals surface area contributed by atoms with Crippen LogP contribution in [0.25, 0.3) is 16.8 Å². The molecule has 0 aliphatic carbocycles. The molecule has 2 rings (SSSR count). The lowest BCUT2D eigenvalue weighted by Gasteiger charge is -2.15. The Labute approximate surface area is 178 Å². The summed E-state index contributed by atoms with van der Waals surface area (Å²) in [5.41, 5.74) is 1.47. The van der Waals surface area contributed by atoms with Crippen LogP contribution in [-0.4, -0.2) is 45.6 Å². The summed E-state index contributed by atoms with van der Waals surface area (Å²) in [7, 11) is 1.32.